The SMILES string of the molecule is Cc1nc(CNC(=O)c2ccc3nc[nH]c3c2)sc1C. The van der Waals surface area contributed by atoms with Crippen molar-refractivity contribution in [1.29, 1.82) is 0 Å². The molecule has 6 heteroatoms. The van der Waals surface area contributed by atoms with Crippen molar-refractivity contribution in [1.82, 2.24) is 20.3 Å². The van der Waals surface area contributed by atoms with E-state index in [1.54, 1.807) is 29.8 Å². The van der Waals surface area contributed by atoms with Crippen molar-refractivity contribution in [3.8, 4) is 0 Å². The molecule has 0 radical (unpaired) electrons. The van der Waals surface area contributed by atoms with Crippen LogP contribution in [0.25, 0.3) is 11.0 Å². The standard InChI is InChI=1S/C14H14N4OS/c1-8-9(2)20-13(18-8)6-15-14(19)10-3-4-11-12(5-10)17-7-16-11/h3-5,7H,6H2,1-2H3,(H,15,19)(H,16,17). The van der Waals surface area contributed by atoms with E-state index >= 15 is 0 Å². The van der Waals surface area contributed by atoms with E-state index in [-0.39, 0.29) is 5.91 Å². The Bertz CT molecular complexity index is 755. The number of hydrogen-bond acceptors (Lipinski definition) is 4. The average molecular weight is 286 g/mol. The second-order valence-corrected chi connectivity index (χ2v) is 5.85. The zero-order chi connectivity index (χ0) is 14.1. The number of hydrogen-bond donors (Lipinski definition) is 2. The lowest BCUT2D eigenvalue weighted by atomic mass is 10.2. The molecule has 0 aliphatic heterocycles. The lowest BCUT2D eigenvalue weighted by Crippen LogP contribution is -2.22. The molecule has 5 nitrogen and oxygen atoms in total. The van der Waals surface area contributed by atoms with Crippen molar-refractivity contribution in [3.05, 3.63) is 45.7 Å². The van der Waals surface area contributed by atoms with Crippen LogP contribution in [0.3, 0.4) is 0 Å². The highest BCUT2D eigenvalue weighted by Crippen LogP contribution is 2.16. The zero-order valence-electron chi connectivity index (χ0n) is 11.2. The number of fused-ring (bicyclic) bond motifs is 1. The molecule has 2 N–H and O–H groups in total. The number of imidazole rings is 1. The van der Waals surface area contributed by atoms with Crippen LogP contribution in [-0.4, -0.2) is 20.9 Å². The molecule has 1 aromatic carbocycles. The Morgan fingerprint density at radius 1 is 1.40 bits per heavy atom. The second kappa shape index (κ2) is 5.05. The van der Waals surface area contributed by atoms with Gasteiger partial charge in [0.05, 0.1) is 29.6 Å². The molecule has 0 spiro atoms. The van der Waals surface area contributed by atoms with Gasteiger partial charge < -0.3 is 10.3 Å². The normalized spacial score (nSPS) is 10.9. The number of carbonyl (C=O) groups excluding carboxylic acids is 1. The molecule has 0 saturated heterocycles. The van der Waals surface area contributed by atoms with Crippen LogP contribution in [-0.2, 0) is 6.54 Å². The van der Waals surface area contributed by atoms with Gasteiger partial charge in [0, 0.05) is 10.4 Å². The largest absolute Gasteiger partial charge is 0.346 e. The number of nitrogens with one attached hydrogen (secondary N) is 2. The maximum atomic E-state index is 12.1. The molecule has 3 aromatic rings. The van der Waals surface area contributed by atoms with Gasteiger partial charge in [-0.25, -0.2) is 9.97 Å². The molecule has 0 aliphatic carbocycles. The summed E-state index contributed by atoms with van der Waals surface area (Å²) in [6, 6.07) is 5.41. The van der Waals surface area contributed by atoms with Crippen molar-refractivity contribution in [2.75, 3.05) is 0 Å². The molecule has 3 rings (SSSR count). The van der Waals surface area contributed by atoms with Gasteiger partial charge in [0.25, 0.3) is 5.91 Å². The first-order valence-electron chi connectivity index (χ1n) is 6.28. The highest BCUT2D eigenvalue weighted by Gasteiger charge is 2.09. The first kappa shape index (κ1) is 12.8. The number of benzene rings is 1. The fourth-order valence-electron chi connectivity index (χ4n) is 1.95. The molecule has 2 aromatic heterocycles. The lowest BCUT2D eigenvalue weighted by molar-refractivity contribution is 0.0951. The average Bonchev–Trinajstić information content (AvgIpc) is 3.02. The van der Waals surface area contributed by atoms with Crippen LogP contribution in [0.5, 0.6) is 0 Å². The Balaban J connectivity index is 1.72. The summed E-state index contributed by atoms with van der Waals surface area (Å²) < 4.78 is 0. The molecule has 1 amide bonds. The number of H-pyrrole nitrogens is 1. The smallest absolute Gasteiger partial charge is 0.251 e. The minimum atomic E-state index is -0.105. The molecule has 0 saturated carbocycles. The number of rotatable bonds is 3. The van der Waals surface area contributed by atoms with E-state index in [1.807, 2.05) is 19.9 Å². The Kier molecular flexibility index (Phi) is 3.23. The van der Waals surface area contributed by atoms with Gasteiger partial charge in [-0.3, -0.25) is 4.79 Å². The number of carbonyl (C=O) groups is 1. The van der Waals surface area contributed by atoms with Gasteiger partial charge in [0.2, 0.25) is 0 Å². The Hall–Kier alpha value is -2.21. The Morgan fingerprint density at radius 2 is 2.25 bits per heavy atom. The highest BCUT2D eigenvalue weighted by molar-refractivity contribution is 7.11. The third-order valence-corrected chi connectivity index (χ3v) is 4.23. The van der Waals surface area contributed by atoms with Crippen LogP contribution in [0.4, 0.5) is 0 Å². The number of aryl methyl sites for hydroxylation is 2. The molecule has 0 fully saturated rings. The summed E-state index contributed by atoms with van der Waals surface area (Å²) in [5.41, 5.74) is 3.36. The van der Waals surface area contributed by atoms with Gasteiger partial charge >= 0.3 is 0 Å². The van der Waals surface area contributed by atoms with E-state index in [2.05, 4.69) is 20.3 Å². The molecular formula is C14H14N4OS. The van der Waals surface area contributed by atoms with Crippen LogP contribution in [0.15, 0.2) is 24.5 Å². The van der Waals surface area contributed by atoms with E-state index in [1.165, 1.54) is 4.88 Å². The van der Waals surface area contributed by atoms with Crippen LogP contribution in [0, 0.1) is 13.8 Å². The highest BCUT2D eigenvalue weighted by atomic mass is 32.1. The summed E-state index contributed by atoms with van der Waals surface area (Å²) >= 11 is 1.61. The quantitative estimate of drug-likeness (QED) is 0.777. The Labute approximate surface area is 120 Å². The minimum Gasteiger partial charge on any atom is -0.346 e. The zero-order valence-corrected chi connectivity index (χ0v) is 12.0. The second-order valence-electron chi connectivity index (χ2n) is 4.57. The fraction of sp³-hybridized carbons (Fsp3) is 0.214. The maximum Gasteiger partial charge on any atom is 0.251 e. The van der Waals surface area contributed by atoms with Crippen LogP contribution in [0.1, 0.15) is 25.9 Å². The van der Waals surface area contributed by atoms with Crippen molar-refractivity contribution < 1.29 is 4.79 Å². The summed E-state index contributed by atoms with van der Waals surface area (Å²) in [5.74, 6) is -0.105. The minimum absolute atomic E-state index is 0.105. The summed E-state index contributed by atoms with van der Waals surface area (Å²) in [4.78, 5) is 24.8. The van der Waals surface area contributed by atoms with Crippen molar-refractivity contribution in [2.24, 2.45) is 0 Å². The van der Waals surface area contributed by atoms with E-state index in [4.69, 9.17) is 0 Å². The first-order valence-corrected chi connectivity index (χ1v) is 7.09. The van der Waals surface area contributed by atoms with E-state index < -0.39 is 0 Å². The van der Waals surface area contributed by atoms with Crippen LogP contribution in [0.2, 0.25) is 0 Å². The molecule has 0 atom stereocenters. The van der Waals surface area contributed by atoms with Gasteiger partial charge in [0.1, 0.15) is 5.01 Å². The van der Waals surface area contributed by atoms with E-state index in [0.29, 0.717) is 12.1 Å². The molecule has 0 unspecified atom stereocenters. The van der Waals surface area contributed by atoms with Crippen LogP contribution >= 0.6 is 11.3 Å². The predicted octanol–water partition coefficient (Wildman–Crippen LogP) is 2.57. The molecular weight excluding hydrogens is 272 g/mol. The number of aromatic amines is 1. The van der Waals surface area contributed by atoms with Gasteiger partial charge in [0.15, 0.2) is 0 Å². The third kappa shape index (κ3) is 2.42. The van der Waals surface area contributed by atoms with E-state index in [9.17, 15) is 4.79 Å². The Morgan fingerprint density at radius 3 is 3.00 bits per heavy atom. The van der Waals surface area contributed by atoms with Gasteiger partial charge in [-0.05, 0) is 32.0 Å². The third-order valence-electron chi connectivity index (χ3n) is 3.16. The van der Waals surface area contributed by atoms with Crippen molar-refractivity contribution in [2.45, 2.75) is 20.4 Å². The lowest BCUT2D eigenvalue weighted by Gasteiger charge is -2.03. The monoisotopic (exact) mass is 286 g/mol. The van der Waals surface area contributed by atoms with Gasteiger partial charge in [-0.15, -0.1) is 11.3 Å². The fourth-order valence-corrected chi connectivity index (χ4v) is 2.82. The molecule has 0 aliphatic rings. The van der Waals surface area contributed by atoms with Crippen LogP contribution < -0.4 is 5.32 Å². The first-order chi connectivity index (χ1) is 9.63. The molecule has 0 bridgehead atoms. The molecule has 20 heavy (non-hydrogen) atoms. The predicted molar refractivity (Wildman–Crippen MR) is 78.9 cm³/mol. The van der Waals surface area contributed by atoms with Crippen molar-refractivity contribution >= 4 is 28.3 Å². The summed E-state index contributed by atoms with van der Waals surface area (Å²) in [6.07, 6.45) is 1.62. The number of thiazole rings is 1. The van der Waals surface area contributed by atoms with Gasteiger partial charge in [-0.1, -0.05) is 0 Å². The molecule has 102 valence electrons. The number of nitrogens with zero attached hydrogens (tertiary/aromatic N) is 2. The van der Waals surface area contributed by atoms with Gasteiger partial charge in [-0.2, -0.15) is 0 Å². The summed E-state index contributed by atoms with van der Waals surface area (Å²) in [5, 5.41) is 3.81. The number of amides is 1. The van der Waals surface area contributed by atoms with Crippen molar-refractivity contribution in [3.63, 3.8) is 0 Å². The maximum absolute atomic E-state index is 12.1. The summed E-state index contributed by atoms with van der Waals surface area (Å²) in [6.45, 7) is 4.47. The topological polar surface area (TPSA) is 70.7 Å². The summed E-state index contributed by atoms with van der Waals surface area (Å²) in [7, 11) is 0. The van der Waals surface area contributed by atoms with E-state index in [0.717, 1.165) is 21.7 Å². The number of aromatic nitrogens is 3. The molecule has 2 heterocycles.